The predicted octanol–water partition coefficient (Wildman–Crippen LogP) is 5.19. The molecule has 0 unspecified atom stereocenters. The number of aromatic amines is 1. The lowest BCUT2D eigenvalue weighted by atomic mass is 10.1. The van der Waals surface area contributed by atoms with Gasteiger partial charge in [0.15, 0.2) is 0 Å². The first-order valence-corrected chi connectivity index (χ1v) is 7.43. The average Bonchev–Trinajstić information content (AvgIpc) is 2.84. The van der Waals surface area contributed by atoms with Gasteiger partial charge in [-0.2, -0.15) is 0 Å². The molecule has 0 spiro atoms. The van der Waals surface area contributed by atoms with Gasteiger partial charge in [0, 0.05) is 26.9 Å². The zero-order valence-corrected chi connectivity index (χ0v) is 12.1. The number of hydrogen-bond donors (Lipinski definition) is 1. The Morgan fingerprint density at radius 3 is 2.68 bits per heavy atom. The zero-order chi connectivity index (χ0) is 13.2. The zero-order valence-electron chi connectivity index (χ0n) is 11.2. The van der Waals surface area contributed by atoms with Gasteiger partial charge in [-0.1, -0.05) is 49.0 Å². The molecule has 0 fully saturated rings. The summed E-state index contributed by atoms with van der Waals surface area (Å²) in [4.78, 5) is 6.04. The van der Waals surface area contributed by atoms with Crippen molar-refractivity contribution in [2.45, 2.75) is 30.1 Å². The minimum Gasteiger partial charge on any atom is -0.360 e. The van der Waals surface area contributed by atoms with Crippen LogP contribution in [0.2, 0.25) is 0 Å². The molecule has 1 heterocycles. The molecule has 0 saturated heterocycles. The third-order valence-electron chi connectivity index (χ3n) is 3.45. The summed E-state index contributed by atoms with van der Waals surface area (Å²) in [5, 5.41) is 1.35. The van der Waals surface area contributed by atoms with Gasteiger partial charge in [-0.05, 0) is 36.6 Å². The van der Waals surface area contributed by atoms with Gasteiger partial charge in [0.1, 0.15) is 0 Å². The van der Waals surface area contributed by atoms with Gasteiger partial charge in [-0.15, -0.1) is 0 Å². The monoisotopic (exact) mass is 267 g/mol. The van der Waals surface area contributed by atoms with Crippen molar-refractivity contribution in [2.24, 2.45) is 0 Å². The number of aryl methyl sites for hydroxylation is 2. The largest absolute Gasteiger partial charge is 0.360 e. The second kappa shape index (κ2) is 5.14. The molecular weight excluding hydrogens is 250 g/mol. The third-order valence-corrected chi connectivity index (χ3v) is 4.61. The van der Waals surface area contributed by atoms with Crippen molar-refractivity contribution < 1.29 is 0 Å². The first kappa shape index (κ1) is 12.4. The Balaban J connectivity index is 2.06. The molecule has 2 aromatic carbocycles. The number of rotatable bonds is 3. The first-order chi connectivity index (χ1) is 9.29. The first-order valence-electron chi connectivity index (χ1n) is 6.62. The SMILES string of the molecule is CCc1ccccc1Sc1c[nH]c2cccc(C)c12. The molecule has 0 aliphatic carbocycles. The normalized spacial score (nSPS) is 11.1. The third kappa shape index (κ3) is 2.28. The maximum absolute atomic E-state index is 3.37. The molecule has 19 heavy (non-hydrogen) atoms. The van der Waals surface area contributed by atoms with Crippen molar-refractivity contribution in [3.63, 3.8) is 0 Å². The molecule has 3 rings (SSSR count). The molecule has 3 aromatic rings. The number of hydrogen-bond acceptors (Lipinski definition) is 1. The minimum absolute atomic E-state index is 1.07. The molecule has 0 atom stereocenters. The fourth-order valence-corrected chi connectivity index (χ4v) is 3.64. The van der Waals surface area contributed by atoms with Crippen molar-refractivity contribution >= 4 is 22.7 Å². The molecule has 1 N–H and O–H groups in total. The van der Waals surface area contributed by atoms with Crippen molar-refractivity contribution in [3.05, 3.63) is 59.8 Å². The Labute approximate surface area is 118 Å². The van der Waals surface area contributed by atoms with E-state index in [-0.39, 0.29) is 0 Å². The van der Waals surface area contributed by atoms with Crippen molar-refractivity contribution in [1.82, 2.24) is 4.98 Å². The fourth-order valence-electron chi connectivity index (χ4n) is 2.43. The highest BCUT2D eigenvalue weighted by Crippen LogP contribution is 2.36. The number of nitrogens with one attached hydrogen (secondary N) is 1. The second-order valence-corrected chi connectivity index (χ2v) is 5.80. The number of benzene rings is 2. The van der Waals surface area contributed by atoms with Crippen LogP contribution in [0.25, 0.3) is 10.9 Å². The molecule has 1 nitrogen and oxygen atoms in total. The predicted molar refractivity (Wildman–Crippen MR) is 83.0 cm³/mol. The van der Waals surface area contributed by atoms with Crippen molar-refractivity contribution in [3.8, 4) is 0 Å². The highest BCUT2D eigenvalue weighted by Gasteiger charge is 2.09. The highest BCUT2D eigenvalue weighted by atomic mass is 32.2. The van der Waals surface area contributed by atoms with E-state index < -0.39 is 0 Å². The van der Waals surface area contributed by atoms with E-state index in [0.29, 0.717) is 0 Å². The van der Waals surface area contributed by atoms with Crippen LogP contribution >= 0.6 is 11.8 Å². The Bertz CT molecular complexity index is 712. The molecule has 0 saturated carbocycles. The Morgan fingerprint density at radius 1 is 1.00 bits per heavy atom. The molecule has 1 aromatic heterocycles. The molecular formula is C17H17NS. The van der Waals surface area contributed by atoms with Crippen LogP contribution in [0.5, 0.6) is 0 Å². The molecule has 2 heteroatoms. The van der Waals surface area contributed by atoms with Crippen molar-refractivity contribution in [1.29, 1.82) is 0 Å². The maximum atomic E-state index is 3.37. The minimum atomic E-state index is 1.07. The molecule has 0 amide bonds. The summed E-state index contributed by atoms with van der Waals surface area (Å²) in [5.74, 6) is 0. The van der Waals surface area contributed by atoms with Gasteiger partial charge in [-0.25, -0.2) is 0 Å². The van der Waals surface area contributed by atoms with E-state index in [1.165, 1.54) is 31.8 Å². The van der Waals surface area contributed by atoms with Crippen LogP contribution < -0.4 is 0 Å². The average molecular weight is 267 g/mol. The Morgan fingerprint density at radius 2 is 1.84 bits per heavy atom. The van der Waals surface area contributed by atoms with Gasteiger partial charge >= 0.3 is 0 Å². The molecule has 0 aliphatic heterocycles. The van der Waals surface area contributed by atoms with Gasteiger partial charge in [0.2, 0.25) is 0 Å². The summed E-state index contributed by atoms with van der Waals surface area (Å²) in [6, 6.07) is 15.1. The summed E-state index contributed by atoms with van der Waals surface area (Å²) in [7, 11) is 0. The highest BCUT2D eigenvalue weighted by molar-refractivity contribution is 7.99. The summed E-state index contributed by atoms with van der Waals surface area (Å²) >= 11 is 1.86. The van der Waals surface area contributed by atoms with Crippen molar-refractivity contribution in [2.75, 3.05) is 0 Å². The van der Waals surface area contributed by atoms with E-state index in [1.54, 1.807) is 0 Å². The van der Waals surface area contributed by atoms with Gasteiger partial charge in [-0.3, -0.25) is 0 Å². The summed E-state index contributed by atoms with van der Waals surface area (Å²) < 4.78 is 0. The van der Waals surface area contributed by atoms with Crippen LogP contribution in [0.4, 0.5) is 0 Å². The molecule has 0 bridgehead atoms. The maximum Gasteiger partial charge on any atom is 0.0468 e. The van der Waals surface area contributed by atoms with E-state index in [0.717, 1.165) is 6.42 Å². The van der Waals surface area contributed by atoms with Crippen LogP contribution in [-0.4, -0.2) is 4.98 Å². The molecule has 96 valence electrons. The smallest absolute Gasteiger partial charge is 0.0468 e. The Kier molecular flexibility index (Phi) is 3.34. The quantitative estimate of drug-likeness (QED) is 0.690. The number of aromatic nitrogens is 1. The van der Waals surface area contributed by atoms with Gasteiger partial charge < -0.3 is 4.98 Å². The van der Waals surface area contributed by atoms with Gasteiger partial charge in [0.05, 0.1) is 0 Å². The summed E-state index contributed by atoms with van der Waals surface area (Å²) in [6.45, 7) is 4.38. The lowest BCUT2D eigenvalue weighted by Crippen LogP contribution is -1.84. The van der Waals surface area contributed by atoms with Gasteiger partial charge in [0.25, 0.3) is 0 Å². The van der Waals surface area contributed by atoms with Crippen LogP contribution in [0.15, 0.2) is 58.5 Å². The van der Waals surface area contributed by atoms with E-state index in [4.69, 9.17) is 0 Å². The standard InChI is InChI=1S/C17H17NS/c1-3-13-8-4-5-10-15(13)19-16-11-18-14-9-6-7-12(2)17(14)16/h4-11,18H,3H2,1-2H3. The van der Waals surface area contributed by atoms with E-state index in [1.807, 2.05) is 11.8 Å². The lowest BCUT2D eigenvalue weighted by Gasteiger charge is -2.07. The number of fused-ring (bicyclic) bond motifs is 1. The van der Waals surface area contributed by atoms with E-state index in [9.17, 15) is 0 Å². The fraction of sp³-hybridized carbons (Fsp3) is 0.176. The number of H-pyrrole nitrogens is 1. The second-order valence-electron chi connectivity index (χ2n) is 4.71. The topological polar surface area (TPSA) is 15.8 Å². The summed E-state index contributed by atoms with van der Waals surface area (Å²) in [5.41, 5.74) is 3.96. The molecule has 0 aliphatic rings. The molecule has 0 radical (unpaired) electrons. The summed E-state index contributed by atoms with van der Waals surface area (Å²) in [6.07, 6.45) is 3.19. The van der Waals surface area contributed by atoms with Crippen LogP contribution in [0, 0.1) is 6.92 Å². The van der Waals surface area contributed by atoms with Crippen LogP contribution in [-0.2, 0) is 6.42 Å². The van der Waals surface area contributed by atoms with E-state index >= 15 is 0 Å². The van der Waals surface area contributed by atoms with E-state index in [2.05, 4.69) is 67.5 Å². The Hall–Kier alpha value is -1.67. The van der Waals surface area contributed by atoms with Crippen LogP contribution in [0.1, 0.15) is 18.1 Å². The van der Waals surface area contributed by atoms with Crippen LogP contribution in [0.3, 0.4) is 0 Å². The lowest BCUT2D eigenvalue weighted by molar-refractivity contribution is 1.08.